The molecule has 1 unspecified atom stereocenters. The van der Waals surface area contributed by atoms with E-state index in [-0.39, 0.29) is 0 Å². The van der Waals surface area contributed by atoms with Crippen molar-refractivity contribution in [3.8, 4) is 11.8 Å². The monoisotopic (exact) mass is 235 g/mol. The Balaban J connectivity index is 2.42. The van der Waals surface area contributed by atoms with Crippen LogP contribution in [0.4, 0.5) is 0 Å². The van der Waals surface area contributed by atoms with E-state index in [4.69, 9.17) is 0 Å². The van der Waals surface area contributed by atoms with Crippen molar-refractivity contribution in [2.45, 2.75) is 77.7 Å². The van der Waals surface area contributed by atoms with Crippen molar-refractivity contribution in [1.29, 1.82) is 0 Å². The van der Waals surface area contributed by atoms with Crippen molar-refractivity contribution in [2.24, 2.45) is 5.92 Å². The highest BCUT2D eigenvalue weighted by Crippen LogP contribution is 2.26. The van der Waals surface area contributed by atoms with Gasteiger partial charge in [-0.2, -0.15) is 0 Å². The molecule has 0 aromatic heterocycles. The van der Waals surface area contributed by atoms with Crippen molar-refractivity contribution < 1.29 is 0 Å². The Bertz CT molecular complexity index is 228. The molecule has 0 aromatic carbocycles. The molecule has 0 saturated heterocycles. The lowest BCUT2D eigenvalue weighted by atomic mass is 9.84. The molecule has 0 radical (unpaired) electrons. The van der Waals surface area contributed by atoms with Crippen LogP contribution in [0.3, 0.4) is 0 Å². The normalized spacial score (nSPS) is 19.9. The molecule has 1 rings (SSSR count). The molecule has 0 aromatic rings. The van der Waals surface area contributed by atoms with E-state index in [0.29, 0.717) is 6.04 Å². The van der Waals surface area contributed by atoms with E-state index in [1.165, 1.54) is 51.4 Å². The summed E-state index contributed by atoms with van der Waals surface area (Å²) in [4.78, 5) is 0. The maximum absolute atomic E-state index is 3.69. The van der Waals surface area contributed by atoms with Gasteiger partial charge >= 0.3 is 0 Å². The zero-order valence-corrected chi connectivity index (χ0v) is 11.7. The molecule has 1 aliphatic rings. The van der Waals surface area contributed by atoms with Crippen molar-refractivity contribution in [3.63, 3.8) is 0 Å². The second-order valence-corrected chi connectivity index (χ2v) is 5.23. The largest absolute Gasteiger partial charge is 0.314 e. The first-order valence-electron chi connectivity index (χ1n) is 7.51. The predicted molar refractivity (Wildman–Crippen MR) is 76.0 cm³/mol. The van der Waals surface area contributed by atoms with Crippen LogP contribution in [0.25, 0.3) is 0 Å². The van der Waals surface area contributed by atoms with Crippen molar-refractivity contribution >= 4 is 0 Å². The molecule has 1 aliphatic carbocycles. The van der Waals surface area contributed by atoms with E-state index >= 15 is 0 Å². The smallest absolute Gasteiger partial charge is 0.0104 e. The minimum Gasteiger partial charge on any atom is -0.314 e. The van der Waals surface area contributed by atoms with E-state index < -0.39 is 0 Å². The standard InChI is InChI=1S/C16H29N/c1-3-5-9-14-16(17-4-2)15-12-10-7-6-8-11-13-15/h15-17H,4,6-14H2,1-2H3. The summed E-state index contributed by atoms with van der Waals surface area (Å²) >= 11 is 0. The van der Waals surface area contributed by atoms with E-state index in [9.17, 15) is 0 Å². The third-order valence-corrected chi connectivity index (χ3v) is 3.94. The second kappa shape index (κ2) is 9.54. The molecule has 1 fully saturated rings. The molecule has 1 nitrogen and oxygen atoms in total. The summed E-state index contributed by atoms with van der Waals surface area (Å²) < 4.78 is 0. The Kier molecular flexibility index (Phi) is 8.18. The zero-order valence-electron chi connectivity index (χ0n) is 11.7. The quantitative estimate of drug-likeness (QED) is 0.707. The van der Waals surface area contributed by atoms with Crippen molar-refractivity contribution in [3.05, 3.63) is 0 Å². The summed E-state index contributed by atoms with van der Waals surface area (Å²) in [5, 5.41) is 3.69. The lowest BCUT2D eigenvalue weighted by Gasteiger charge is -2.29. The second-order valence-electron chi connectivity index (χ2n) is 5.23. The average molecular weight is 235 g/mol. The molecule has 1 N–H and O–H groups in total. The van der Waals surface area contributed by atoms with Gasteiger partial charge in [-0.3, -0.25) is 0 Å². The molecule has 0 spiro atoms. The van der Waals surface area contributed by atoms with Gasteiger partial charge in [0.05, 0.1) is 0 Å². The minimum absolute atomic E-state index is 0.707. The van der Waals surface area contributed by atoms with Crippen molar-refractivity contribution in [2.75, 3.05) is 6.54 Å². The summed E-state index contributed by atoms with van der Waals surface area (Å²) in [6.45, 7) is 5.26. The van der Waals surface area contributed by atoms with E-state index in [1.807, 2.05) is 6.92 Å². The molecule has 98 valence electrons. The van der Waals surface area contributed by atoms with E-state index in [0.717, 1.165) is 18.9 Å². The summed E-state index contributed by atoms with van der Waals surface area (Å²) in [7, 11) is 0. The van der Waals surface area contributed by atoms with Crippen LogP contribution in [-0.2, 0) is 0 Å². The van der Waals surface area contributed by atoms with Crippen LogP contribution in [0, 0.1) is 17.8 Å². The summed E-state index contributed by atoms with van der Waals surface area (Å²) in [6, 6.07) is 0.707. The summed E-state index contributed by atoms with van der Waals surface area (Å²) in [6.07, 6.45) is 12.4. The third-order valence-electron chi connectivity index (χ3n) is 3.94. The zero-order chi connectivity index (χ0) is 12.3. The fraction of sp³-hybridized carbons (Fsp3) is 0.875. The van der Waals surface area contributed by atoms with Crippen LogP contribution < -0.4 is 5.32 Å². The average Bonchev–Trinajstić information content (AvgIpc) is 2.28. The van der Waals surface area contributed by atoms with Crippen molar-refractivity contribution in [1.82, 2.24) is 5.32 Å². The third kappa shape index (κ3) is 6.13. The van der Waals surface area contributed by atoms with Gasteiger partial charge in [-0.1, -0.05) is 39.0 Å². The van der Waals surface area contributed by atoms with Gasteiger partial charge in [0, 0.05) is 12.5 Å². The van der Waals surface area contributed by atoms with Gasteiger partial charge in [-0.25, -0.2) is 0 Å². The Morgan fingerprint density at radius 1 is 1.12 bits per heavy atom. The van der Waals surface area contributed by atoms with Crippen LogP contribution >= 0.6 is 0 Å². The summed E-state index contributed by atoms with van der Waals surface area (Å²) in [5.41, 5.74) is 0. The Hall–Kier alpha value is -0.480. The first-order valence-corrected chi connectivity index (χ1v) is 7.51. The number of hydrogen-bond acceptors (Lipinski definition) is 1. The maximum Gasteiger partial charge on any atom is 0.0104 e. The molecule has 0 amide bonds. The first kappa shape index (κ1) is 14.6. The van der Waals surface area contributed by atoms with E-state index in [2.05, 4.69) is 24.1 Å². The molecular weight excluding hydrogens is 206 g/mol. The summed E-state index contributed by atoms with van der Waals surface area (Å²) in [5.74, 6) is 7.12. The molecule has 1 atom stereocenters. The topological polar surface area (TPSA) is 12.0 Å². The van der Waals surface area contributed by atoms with E-state index in [1.54, 1.807) is 0 Å². The highest BCUT2D eigenvalue weighted by atomic mass is 14.9. The number of hydrogen-bond donors (Lipinski definition) is 1. The van der Waals surface area contributed by atoms with Crippen LogP contribution in [0.5, 0.6) is 0 Å². The molecule has 0 aliphatic heterocycles. The molecule has 0 heterocycles. The van der Waals surface area contributed by atoms with Gasteiger partial charge in [-0.15, -0.1) is 11.8 Å². The Labute approximate surface area is 108 Å². The van der Waals surface area contributed by atoms with Crippen LogP contribution in [0.1, 0.15) is 71.6 Å². The van der Waals surface area contributed by atoms with Gasteiger partial charge < -0.3 is 5.32 Å². The molecule has 0 bridgehead atoms. The molecular formula is C16H29N. The van der Waals surface area contributed by atoms with Crippen LogP contribution in [0.2, 0.25) is 0 Å². The van der Waals surface area contributed by atoms with Gasteiger partial charge in [0.2, 0.25) is 0 Å². The molecule has 1 saturated carbocycles. The lowest BCUT2D eigenvalue weighted by Crippen LogP contribution is -2.36. The fourth-order valence-corrected chi connectivity index (χ4v) is 3.01. The highest BCUT2D eigenvalue weighted by Gasteiger charge is 2.20. The van der Waals surface area contributed by atoms with Gasteiger partial charge in [0.15, 0.2) is 0 Å². The lowest BCUT2D eigenvalue weighted by molar-refractivity contribution is 0.278. The minimum atomic E-state index is 0.707. The maximum atomic E-state index is 3.69. The van der Waals surface area contributed by atoms with Gasteiger partial charge in [-0.05, 0) is 38.6 Å². The number of rotatable bonds is 5. The van der Waals surface area contributed by atoms with Gasteiger partial charge in [0.25, 0.3) is 0 Å². The fourth-order valence-electron chi connectivity index (χ4n) is 3.01. The Morgan fingerprint density at radius 3 is 2.35 bits per heavy atom. The number of nitrogens with one attached hydrogen (secondary N) is 1. The van der Waals surface area contributed by atoms with Crippen LogP contribution in [0.15, 0.2) is 0 Å². The predicted octanol–water partition coefficient (Wildman–Crippen LogP) is 4.13. The Morgan fingerprint density at radius 2 is 1.76 bits per heavy atom. The van der Waals surface area contributed by atoms with Crippen LogP contribution in [-0.4, -0.2) is 12.6 Å². The SMILES string of the molecule is CC#CCCC(NCC)C1CCCCCCC1. The first-order chi connectivity index (χ1) is 8.38. The molecule has 17 heavy (non-hydrogen) atoms. The highest BCUT2D eigenvalue weighted by molar-refractivity contribution is 4.96. The van der Waals surface area contributed by atoms with Gasteiger partial charge in [0.1, 0.15) is 0 Å². The molecule has 1 heteroatoms.